The first-order valence-corrected chi connectivity index (χ1v) is 8.63. The van der Waals surface area contributed by atoms with Crippen molar-refractivity contribution >= 4 is 26.4 Å². The number of fused-ring (bicyclic) bond motifs is 1. The van der Waals surface area contributed by atoms with E-state index in [0.717, 1.165) is 43.0 Å². The van der Waals surface area contributed by atoms with Crippen molar-refractivity contribution in [3.05, 3.63) is 24.4 Å². The Hall–Kier alpha value is -1.49. The number of aryl methyl sites for hydroxylation is 1. The van der Waals surface area contributed by atoms with Crippen molar-refractivity contribution in [3.8, 4) is 0 Å². The summed E-state index contributed by atoms with van der Waals surface area (Å²) in [7, 11) is -1.39. The van der Waals surface area contributed by atoms with E-state index in [4.69, 9.17) is 5.73 Å². The van der Waals surface area contributed by atoms with E-state index in [1.807, 2.05) is 29.9 Å². The molecule has 1 aromatic carbocycles. The van der Waals surface area contributed by atoms with Gasteiger partial charge in [0.1, 0.15) is 0 Å². The molecule has 0 spiro atoms. The molecule has 1 fully saturated rings. The van der Waals surface area contributed by atoms with E-state index in [0.29, 0.717) is 10.6 Å². The van der Waals surface area contributed by atoms with Crippen molar-refractivity contribution in [2.24, 2.45) is 7.05 Å². The number of anilines is 1. The predicted molar refractivity (Wildman–Crippen MR) is 81.4 cm³/mol. The number of benzene rings is 1. The molecule has 1 heterocycles. The molecular formula is C15H20N2O2S. The Morgan fingerprint density at radius 1 is 1.20 bits per heavy atom. The maximum atomic E-state index is 12.9. The van der Waals surface area contributed by atoms with Crippen LogP contribution in [0.1, 0.15) is 32.1 Å². The summed E-state index contributed by atoms with van der Waals surface area (Å²) in [5.74, 6) is 0. The molecule has 0 amide bonds. The second kappa shape index (κ2) is 4.81. The van der Waals surface area contributed by atoms with Crippen LogP contribution in [0.15, 0.2) is 29.3 Å². The molecule has 108 valence electrons. The molecule has 0 aliphatic heterocycles. The summed E-state index contributed by atoms with van der Waals surface area (Å²) < 4.78 is 27.7. The SMILES string of the molecule is Cn1ccc2c(S(=O)(=O)C3CCCCC3)cc(N)cc21. The van der Waals surface area contributed by atoms with Crippen LogP contribution < -0.4 is 5.73 Å². The van der Waals surface area contributed by atoms with Crippen LogP contribution >= 0.6 is 0 Å². The Bertz CT molecular complexity index is 741. The predicted octanol–water partition coefficient (Wildman–Crippen LogP) is 2.87. The van der Waals surface area contributed by atoms with Gasteiger partial charge in [0.2, 0.25) is 0 Å². The van der Waals surface area contributed by atoms with E-state index in [1.54, 1.807) is 6.07 Å². The highest BCUT2D eigenvalue weighted by atomic mass is 32.2. The summed E-state index contributed by atoms with van der Waals surface area (Å²) in [6.07, 6.45) is 6.57. The highest BCUT2D eigenvalue weighted by Gasteiger charge is 2.30. The number of sulfone groups is 1. The minimum absolute atomic E-state index is 0.249. The third-order valence-electron chi connectivity index (χ3n) is 4.28. The van der Waals surface area contributed by atoms with Crippen molar-refractivity contribution in [3.63, 3.8) is 0 Å². The summed E-state index contributed by atoms with van der Waals surface area (Å²) in [5, 5.41) is 0.536. The molecule has 1 saturated carbocycles. The average Bonchev–Trinajstić information content (AvgIpc) is 2.80. The number of aromatic nitrogens is 1. The Balaban J connectivity index is 2.17. The van der Waals surface area contributed by atoms with Crippen LogP contribution in [0.25, 0.3) is 10.9 Å². The average molecular weight is 292 g/mol. The lowest BCUT2D eigenvalue weighted by atomic mass is 10.0. The maximum absolute atomic E-state index is 12.9. The molecule has 0 bridgehead atoms. The van der Waals surface area contributed by atoms with Gasteiger partial charge in [-0.1, -0.05) is 19.3 Å². The van der Waals surface area contributed by atoms with E-state index in [9.17, 15) is 8.42 Å². The molecule has 5 heteroatoms. The molecule has 0 unspecified atom stereocenters. The fourth-order valence-electron chi connectivity index (χ4n) is 3.15. The first-order chi connectivity index (χ1) is 9.50. The molecule has 0 radical (unpaired) electrons. The molecular weight excluding hydrogens is 272 g/mol. The molecule has 1 aliphatic carbocycles. The normalized spacial score (nSPS) is 17.6. The van der Waals surface area contributed by atoms with Gasteiger partial charge in [0.25, 0.3) is 0 Å². The quantitative estimate of drug-likeness (QED) is 0.866. The summed E-state index contributed by atoms with van der Waals surface area (Å²) in [5.41, 5.74) is 7.28. The standard InChI is InChI=1S/C15H20N2O2S/c1-17-8-7-13-14(17)9-11(16)10-15(13)20(18,19)12-5-3-2-4-6-12/h7-10,12H,2-6,16H2,1H3. The van der Waals surface area contributed by atoms with Gasteiger partial charge < -0.3 is 10.3 Å². The maximum Gasteiger partial charge on any atom is 0.181 e. The highest BCUT2D eigenvalue weighted by Crippen LogP contribution is 2.34. The van der Waals surface area contributed by atoms with Crippen molar-refractivity contribution in [1.82, 2.24) is 4.57 Å². The largest absolute Gasteiger partial charge is 0.399 e. The zero-order valence-electron chi connectivity index (χ0n) is 11.7. The van der Waals surface area contributed by atoms with Crippen molar-refractivity contribution in [2.45, 2.75) is 42.2 Å². The molecule has 1 aliphatic rings. The highest BCUT2D eigenvalue weighted by molar-refractivity contribution is 7.92. The number of nitrogens with two attached hydrogens (primary N) is 1. The molecule has 1 aromatic heterocycles. The lowest BCUT2D eigenvalue weighted by molar-refractivity contribution is 0.484. The van der Waals surface area contributed by atoms with Crippen molar-refractivity contribution in [1.29, 1.82) is 0 Å². The topological polar surface area (TPSA) is 65.1 Å². The van der Waals surface area contributed by atoms with Gasteiger partial charge in [0.05, 0.1) is 15.7 Å². The second-order valence-corrected chi connectivity index (χ2v) is 7.88. The van der Waals surface area contributed by atoms with Gasteiger partial charge in [0, 0.05) is 24.3 Å². The number of rotatable bonds is 2. The number of hydrogen-bond acceptors (Lipinski definition) is 3. The smallest absolute Gasteiger partial charge is 0.181 e. The molecule has 20 heavy (non-hydrogen) atoms. The number of nitrogens with zero attached hydrogens (tertiary/aromatic N) is 1. The lowest BCUT2D eigenvalue weighted by Crippen LogP contribution is -2.24. The fraction of sp³-hybridized carbons (Fsp3) is 0.467. The summed E-state index contributed by atoms with van der Waals surface area (Å²) in [4.78, 5) is 0.403. The van der Waals surface area contributed by atoms with E-state index < -0.39 is 9.84 Å². The fourth-order valence-corrected chi connectivity index (χ4v) is 5.24. The first kappa shape index (κ1) is 13.5. The minimum atomic E-state index is -3.29. The second-order valence-electron chi connectivity index (χ2n) is 5.68. The first-order valence-electron chi connectivity index (χ1n) is 7.08. The van der Waals surface area contributed by atoms with E-state index >= 15 is 0 Å². The molecule has 0 atom stereocenters. The summed E-state index contributed by atoms with van der Waals surface area (Å²) in [6, 6.07) is 5.31. The van der Waals surface area contributed by atoms with Gasteiger partial charge >= 0.3 is 0 Å². The zero-order valence-corrected chi connectivity index (χ0v) is 12.5. The van der Waals surface area contributed by atoms with Crippen LogP contribution in [0.4, 0.5) is 5.69 Å². The number of hydrogen-bond donors (Lipinski definition) is 1. The molecule has 3 rings (SSSR count). The Kier molecular flexibility index (Phi) is 3.24. The van der Waals surface area contributed by atoms with E-state index in [2.05, 4.69) is 0 Å². The van der Waals surface area contributed by atoms with Crippen LogP contribution in [0.5, 0.6) is 0 Å². The van der Waals surface area contributed by atoms with Crippen LogP contribution in [-0.4, -0.2) is 18.2 Å². The van der Waals surface area contributed by atoms with Gasteiger partial charge in [-0.05, 0) is 31.0 Å². The van der Waals surface area contributed by atoms with Crippen LogP contribution in [0.3, 0.4) is 0 Å². The van der Waals surface area contributed by atoms with Gasteiger partial charge in [-0.15, -0.1) is 0 Å². The van der Waals surface area contributed by atoms with Crippen LogP contribution in [-0.2, 0) is 16.9 Å². The summed E-state index contributed by atoms with van der Waals surface area (Å²) in [6.45, 7) is 0. The van der Waals surface area contributed by atoms with E-state index in [1.165, 1.54) is 0 Å². The third kappa shape index (κ3) is 2.10. The van der Waals surface area contributed by atoms with Crippen LogP contribution in [0, 0.1) is 0 Å². The van der Waals surface area contributed by atoms with Crippen molar-refractivity contribution < 1.29 is 8.42 Å². The van der Waals surface area contributed by atoms with Gasteiger partial charge in [0.15, 0.2) is 9.84 Å². The Labute approximate surface area is 119 Å². The Morgan fingerprint density at radius 2 is 1.90 bits per heavy atom. The Morgan fingerprint density at radius 3 is 2.60 bits per heavy atom. The van der Waals surface area contributed by atoms with Gasteiger partial charge in [-0.25, -0.2) is 8.42 Å². The van der Waals surface area contributed by atoms with Crippen molar-refractivity contribution in [2.75, 3.05) is 5.73 Å². The molecule has 2 N–H and O–H groups in total. The van der Waals surface area contributed by atoms with Gasteiger partial charge in [-0.3, -0.25) is 0 Å². The van der Waals surface area contributed by atoms with Crippen LogP contribution in [0.2, 0.25) is 0 Å². The molecule has 4 nitrogen and oxygen atoms in total. The van der Waals surface area contributed by atoms with Gasteiger partial charge in [-0.2, -0.15) is 0 Å². The summed E-state index contributed by atoms with van der Waals surface area (Å²) >= 11 is 0. The lowest BCUT2D eigenvalue weighted by Gasteiger charge is -2.22. The molecule has 2 aromatic rings. The minimum Gasteiger partial charge on any atom is -0.399 e. The number of nitrogen functional groups attached to an aromatic ring is 1. The van der Waals surface area contributed by atoms with E-state index in [-0.39, 0.29) is 5.25 Å². The molecule has 0 saturated heterocycles. The third-order valence-corrected chi connectivity index (χ3v) is 6.58. The monoisotopic (exact) mass is 292 g/mol. The zero-order chi connectivity index (χ0) is 14.3.